The molecule has 1 N–H and O–H groups in total. The first-order valence-electron chi connectivity index (χ1n) is 9.81. The van der Waals surface area contributed by atoms with Gasteiger partial charge in [-0.15, -0.1) is 0 Å². The molecule has 1 amide bonds. The van der Waals surface area contributed by atoms with Crippen molar-refractivity contribution in [3.63, 3.8) is 0 Å². The summed E-state index contributed by atoms with van der Waals surface area (Å²) >= 11 is 1.26. The monoisotopic (exact) mass is 385 g/mol. The van der Waals surface area contributed by atoms with E-state index in [1.807, 2.05) is 23.1 Å². The zero-order chi connectivity index (χ0) is 19.2. The molecule has 0 radical (unpaired) electrons. The maximum absolute atomic E-state index is 13.4. The van der Waals surface area contributed by atoms with Crippen molar-refractivity contribution in [3.05, 3.63) is 46.2 Å². The van der Waals surface area contributed by atoms with E-state index in [1.165, 1.54) is 29.9 Å². The molecule has 1 aromatic heterocycles. The highest BCUT2D eigenvalue weighted by Gasteiger charge is 2.35. The van der Waals surface area contributed by atoms with Crippen LogP contribution < -0.4 is 0 Å². The lowest BCUT2D eigenvalue weighted by Crippen LogP contribution is -2.45. The first-order valence-corrected chi connectivity index (χ1v) is 10.6. The standard InChI is InChI=1S/C21H27N3O2S/c1-13-8-9-15(18-22-20(27-23-18)21(2,3)26)12-24(13)19(25)17-7-5-4-6-16(17)14-10-11-14/h4-7,13-15,26H,8-12H2,1-3H3/t13-,15-/m1/s1. The van der Waals surface area contributed by atoms with Crippen LogP contribution in [0.2, 0.25) is 0 Å². The molecule has 6 heteroatoms. The van der Waals surface area contributed by atoms with Gasteiger partial charge in [-0.05, 0) is 75.5 Å². The molecule has 0 unspecified atom stereocenters. The van der Waals surface area contributed by atoms with E-state index in [-0.39, 0.29) is 17.9 Å². The number of piperidine rings is 1. The number of carbonyl (C=O) groups excluding carboxylic acids is 1. The molecule has 27 heavy (non-hydrogen) atoms. The van der Waals surface area contributed by atoms with E-state index >= 15 is 0 Å². The van der Waals surface area contributed by atoms with Gasteiger partial charge < -0.3 is 10.0 Å². The third-order valence-electron chi connectivity index (χ3n) is 5.68. The minimum Gasteiger partial charge on any atom is -0.383 e. The molecule has 1 saturated carbocycles. The van der Waals surface area contributed by atoms with E-state index in [2.05, 4.69) is 22.3 Å². The predicted octanol–water partition coefficient (Wildman–Crippen LogP) is 4.05. The fourth-order valence-corrected chi connectivity index (χ4v) is 4.57. The minimum atomic E-state index is -0.976. The Morgan fingerprint density at radius 1 is 1.19 bits per heavy atom. The molecule has 0 bridgehead atoms. The van der Waals surface area contributed by atoms with Crippen molar-refractivity contribution < 1.29 is 9.90 Å². The first kappa shape index (κ1) is 18.6. The number of nitrogens with zero attached hydrogens (tertiary/aromatic N) is 3. The quantitative estimate of drug-likeness (QED) is 0.862. The van der Waals surface area contributed by atoms with Gasteiger partial charge in [-0.2, -0.15) is 4.37 Å². The molecule has 5 nitrogen and oxygen atoms in total. The Balaban J connectivity index is 1.56. The summed E-state index contributed by atoms with van der Waals surface area (Å²) in [5, 5.41) is 10.8. The van der Waals surface area contributed by atoms with Gasteiger partial charge in [0.05, 0.1) is 0 Å². The van der Waals surface area contributed by atoms with Gasteiger partial charge >= 0.3 is 0 Å². The summed E-state index contributed by atoms with van der Waals surface area (Å²) in [6.45, 7) is 6.22. The van der Waals surface area contributed by atoms with E-state index < -0.39 is 5.60 Å². The average molecular weight is 386 g/mol. The maximum atomic E-state index is 13.4. The molecular formula is C21H27N3O2S. The van der Waals surface area contributed by atoms with Crippen molar-refractivity contribution in [3.8, 4) is 0 Å². The maximum Gasteiger partial charge on any atom is 0.254 e. The molecule has 0 spiro atoms. The van der Waals surface area contributed by atoms with E-state index in [4.69, 9.17) is 0 Å². The summed E-state index contributed by atoms with van der Waals surface area (Å²) in [6, 6.07) is 8.29. The normalized spacial score (nSPS) is 23.5. The Kier molecular flexibility index (Phi) is 4.80. The topological polar surface area (TPSA) is 66.3 Å². The molecule has 2 aromatic rings. The molecule has 1 aliphatic carbocycles. The molecule has 2 heterocycles. The van der Waals surface area contributed by atoms with E-state index in [1.54, 1.807) is 13.8 Å². The molecule has 1 saturated heterocycles. The highest BCUT2D eigenvalue weighted by Crippen LogP contribution is 2.42. The lowest BCUT2D eigenvalue weighted by atomic mass is 9.91. The summed E-state index contributed by atoms with van der Waals surface area (Å²) in [7, 11) is 0. The Morgan fingerprint density at radius 2 is 1.89 bits per heavy atom. The third-order valence-corrected chi connectivity index (χ3v) is 6.72. The smallest absolute Gasteiger partial charge is 0.254 e. The second-order valence-corrected chi connectivity index (χ2v) is 9.21. The van der Waals surface area contributed by atoms with Crippen LogP contribution in [0.1, 0.15) is 85.0 Å². The van der Waals surface area contributed by atoms with Crippen LogP contribution >= 0.6 is 11.5 Å². The Hall–Kier alpha value is -1.79. The Morgan fingerprint density at radius 3 is 2.56 bits per heavy atom. The van der Waals surface area contributed by atoms with E-state index in [0.29, 0.717) is 17.5 Å². The van der Waals surface area contributed by atoms with Gasteiger partial charge in [0.2, 0.25) is 0 Å². The van der Waals surface area contributed by atoms with E-state index in [9.17, 15) is 9.90 Å². The molecule has 1 aromatic carbocycles. The van der Waals surface area contributed by atoms with Crippen LogP contribution in [-0.2, 0) is 5.60 Å². The number of likely N-dealkylation sites (tertiary alicyclic amines) is 1. The number of hydrogen-bond acceptors (Lipinski definition) is 5. The third kappa shape index (κ3) is 3.78. The highest BCUT2D eigenvalue weighted by atomic mass is 32.1. The van der Waals surface area contributed by atoms with Crippen LogP contribution in [-0.4, -0.2) is 37.9 Å². The van der Waals surface area contributed by atoms with Crippen molar-refractivity contribution >= 4 is 17.4 Å². The minimum absolute atomic E-state index is 0.130. The Bertz CT molecular complexity index is 838. The Labute approximate surface area is 164 Å². The number of benzene rings is 1. The number of rotatable bonds is 4. The zero-order valence-electron chi connectivity index (χ0n) is 16.2. The fourth-order valence-electron chi connectivity index (χ4n) is 3.85. The molecule has 2 fully saturated rings. The molecular weight excluding hydrogens is 358 g/mol. The summed E-state index contributed by atoms with van der Waals surface area (Å²) < 4.78 is 4.49. The predicted molar refractivity (Wildman–Crippen MR) is 106 cm³/mol. The lowest BCUT2D eigenvalue weighted by molar-refractivity contribution is 0.0601. The van der Waals surface area contributed by atoms with Crippen LogP contribution in [0.25, 0.3) is 0 Å². The zero-order valence-corrected chi connectivity index (χ0v) is 17.0. The summed E-state index contributed by atoms with van der Waals surface area (Å²) in [5.74, 6) is 1.58. The number of aliphatic hydroxyl groups is 1. The van der Waals surface area contributed by atoms with Crippen molar-refractivity contribution in [2.24, 2.45) is 0 Å². The van der Waals surface area contributed by atoms with E-state index in [0.717, 1.165) is 24.2 Å². The van der Waals surface area contributed by atoms with Crippen LogP contribution in [0.5, 0.6) is 0 Å². The molecule has 144 valence electrons. The van der Waals surface area contributed by atoms with Gasteiger partial charge in [0.1, 0.15) is 16.4 Å². The number of amides is 1. The second kappa shape index (κ2) is 6.99. The van der Waals surface area contributed by atoms with Gasteiger partial charge in [-0.3, -0.25) is 4.79 Å². The van der Waals surface area contributed by atoms with Gasteiger partial charge in [0.15, 0.2) is 0 Å². The van der Waals surface area contributed by atoms with Crippen molar-refractivity contribution in [1.82, 2.24) is 14.3 Å². The number of hydrogen-bond donors (Lipinski definition) is 1. The van der Waals surface area contributed by atoms with Crippen LogP contribution in [0.15, 0.2) is 24.3 Å². The van der Waals surface area contributed by atoms with Crippen LogP contribution in [0.3, 0.4) is 0 Å². The molecule has 2 aliphatic rings. The van der Waals surface area contributed by atoms with Crippen molar-refractivity contribution in [1.29, 1.82) is 0 Å². The highest BCUT2D eigenvalue weighted by molar-refractivity contribution is 7.05. The number of aromatic nitrogens is 2. The summed E-state index contributed by atoms with van der Waals surface area (Å²) in [4.78, 5) is 19.9. The lowest BCUT2D eigenvalue weighted by Gasteiger charge is -2.37. The fraction of sp³-hybridized carbons (Fsp3) is 0.571. The summed E-state index contributed by atoms with van der Waals surface area (Å²) in [6.07, 6.45) is 4.28. The second-order valence-electron chi connectivity index (χ2n) is 8.46. The van der Waals surface area contributed by atoms with Crippen LogP contribution in [0.4, 0.5) is 0 Å². The molecule has 1 aliphatic heterocycles. The summed E-state index contributed by atoms with van der Waals surface area (Å²) in [5.41, 5.74) is 1.08. The number of carbonyl (C=O) groups is 1. The van der Waals surface area contributed by atoms with Crippen molar-refractivity contribution in [2.75, 3.05) is 6.54 Å². The SMILES string of the molecule is C[C@@H]1CC[C@@H](c2nsc(C(C)(C)O)n2)CN1C(=O)c1ccccc1C1CC1. The van der Waals surface area contributed by atoms with Crippen LogP contribution in [0, 0.1) is 0 Å². The van der Waals surface area contributed by atoms with Crippen molar-refractivity contribution in [2.45, 2.75) is 69.9 Å². The average Bonchev–Trinajstić information content (AvgIpc) is 3.36. The largest absolute Gasteiger partial charge is 0.383 e. The first-order chi connectivity index (χ1) is 12.8. The van der Waals surface area contributed by atoms with Gasteiger partial charge in [-0.25, -0.2) is 4.98 Å². The van der Waals surface area contributed by atoms with Gasteiger partial charge in [0, 0.05) is 24.1 Å². The molecule has 4 rings (SSSR count). The molecule has 2 atom stereocenters. The van der Waals surface area contributed by atoms with Gasteiger partial charge in [0.25, 0.3) is 5.91 Å². The van der Waals surface area contributed by atoms with Gasteiger partial charge in [-0.1, -0.05) is 18.2 Å².